The molecule has 0 saturated carbocycles. The average molecular weight is 163 g/mol. The first-order valence-electron chi connectivity index (χ1n) is 3.74. The highest BCUT2D eigenvalue weighted by Crippen LogP contribution is 2.37. The van der Waals surface area contributed by atoms with Crippen molar-refractivity contribution < 1.29 is 4.74 Å². The lowest BCUT2D eigenvalue weighted by Crippen LogP contribution is -2.30. The summed E-state index contributed by atoms with van der Waals surface area (Å²) in [5, 5.41) is 0. The van der Waals surface area contributed by atoms with E-state index >= 15 is 0 Å². The number of hydrogen-bond acceptors (Lipinski definition) is 1. The van der Waals surface area contributed by atoms with Gasteiger partial charge in [-0.3, -0.25) is 0 Å². The van der Waals surface area contributed by atoms with E-state index in [1.165, 1.54) is 0 Å². The van der Waals surface area contributed by atoms with E-state index in [0.29, 0.717) is 5.88 Å². The van der Waals surface area contributed by atoms with Crippen molar-refractivity contribution in [1.82, 2.24) is 0 Å². The van der Waals surface area contributed by atoms with Crippen molar-refractivity contribution >= 4 is 11.6 Å². The van der Waals surface area contributed by atoms with Crippen LogP contribution in [0.25, 0.3) is 0 Å². The van der Waals surface area contributed by atoms with E-state index in [9.17, 15) is 0 Å². The molecule has 1 unspecified atom stereocenters. The van der Waals surface area contributed by atoms with E-state index in [1.807, 2.05) is 0 Å². The Morgan fingerprint density at radius 2 is 1.90 bits per heavy atom. The number of rotatable bonds is 1. The first-order valence-corrected chi connectivity index (χ1v) is 4.27. The van der Waals surface area contributed by atoms with Gasteiger partial charge in [0, 0.05) is 0 Å². The van der Waals surface area contributed by atoms with Crippen molar-refractivity contribution in [3.63, 3.8) is 0 Å². The van der Waals surface area contributed by atoms with Crippen molar-refractivity contribution in [2.45, 2.75) is 44.8 Å². The van der Waals surface area contributed by atoms with Gasteiger partial charge in [-0.05, 0) is 33.6 Å². The summed E-state index contributed by atoms with van der Waals surface area (Å²) in [6.07, 6.45) is 2.21. The molecule has 1 aliphatic rings. The van der Waals surface area contributed by atoms with E-state index in [-0.39, 0.29) is 11.2 Å². The van der Waals surface area contributed by atoms with Gasteiger partial charge in [-0.2, -0.15) is 0 Å². The topological polar surface area (TPSA) is 9.23 Å². The lowest BCUT2D eigenvalue weighted by molar-refractivity contribution is -0.0623. The summed E-state index contributed by atoms with van der Waals surface area (Å²) in [4.78, 5) is 0. The zero-order valence-corrected chi connectivity index (χ0v) is 7.66. The monoisotopic (exact) mass is 162 g/mol. The molecule has 0 aliphatic carbocycles. The smallest absolute Gasteiger partial charge is 0.0797 e. The van der Waals surface area contributed by atoms with Crippen LogP contribution in [0.15, 0.2) is 0 Å². The maximum atomic E-state index is 5.75. The fourth-order valence-corrected chi connectivity index (χ4v) is 1.62. The molecule has 0 aromatic carbocycles. The van der Waals surface area contributed by atoms with Crippen LogP contribution in [0, 0.1) is 0 Å². The third-order valence-electron chi connectivity index (χ3n) is 2.06. The summed E-state index contributed by atoms with van der Waals surface area (Å²) in [5.41, 5.74) is -0.0192. The van der Waals surface area contributed by atoms with E-state index in [4.69, 9.17) is 16.3 Å². The molecule has 0 aromatic heterocycles. The molecule has 0 spiro atoms. The number of hydrogen-bond donors (Lipinski definition) is 0. The SMILES string of the molecule is CC1(C)CCC(C)(CCl)O1. The summed E-state index contributed by atoms with van der Waals surface area (Å²) in [7, 11) is 0. The molecule has 60 valence electrons. The molecular formula is C8H15ClO. The molecule has 2 heteroatoms. The Kier molecular flexibility index (Phi) is 1.99. The summed E-state index contributed by atoms with van der Waals surface area (Å²) >= 11 is 5.75. The van der Waals surface area contributed by atoms with Gasteiger partial charge in [0.1, 0.15) is 0 Å². The van der Waals surface area contributed by atoms with Crippen LogP contribution in [-0.2, 0) is 4.74 Å². The van der Waals surface area contributed by atoms with Gasteiger partial charge in [0.05, 0.1) is 17.1 Å². The Morgan fingerprint density at radius 3 is 2.10 bits per heavy atom. The van der Waals surface area contributed by atoms with Crippen LogP contribution in [0.1, 0.15) is 33.6 Å². The second kappa shape index (κ2) is 2.38. The molecular weight excluding hydrogens is 148 g/mol. The zero-order chi connectivity index (χ0) is 7.83. The maximum absolute atomic E-state index is 5.75. The van der Waals surface area contributed by atoms with E-state index in [2.05, 4.69) is 20.8 Å². The third kappa shape index (κ3) is 1.64. The Morgan fingerprint density at radius 1 is 1.30 bits per heavy atom. The van der Waals surface area contributed by atoms with Crippen LogP contribution in [-0.4, -0.2) is 17.1 Å². The van der Waals surface area contributed by atoms with E-state index < -0.39 is 0 Å². The quantitative estimate of drug-likeness (QED) is 0.539. The average Bonchev–Trinajstić information content (AvgIpc) is 2.08. The van der Waals surface area contributed by atoms with Gasteiger partial charge >= 0.3 is 0 Å². The minimum absolute atomic E-state index is 0.0453. The second-order valence-corrected chi connectivity index (χ2v) is 4.21. The Hall–Kier alpha value is 0.250. The van der Waals surface area contributed by atoms with Crippen molar-refractivity contribution in [1.29, 1.82) is 0 Å². The van der Waals surface area contributed by atoms with Crippen LogP contribution in [0.2, 0.25) is 0 Å². The fourth-order valence-electron chi connectivity index (χ4n) is 1.43. The minimum Gasteiger partial charge on any atom is -0.368 e. The Labute approximate surface area is 67.7 Å². The number of ether oxygens (including phenoxy) is 1. The van der Waals surface area contributed by atoms with Gasteiger partial charge < -0.3 is 4.74 Å². The maximum Gasteiger partial charge on any atom is 0.0797 e. The number of halogens is 1. The summed E-state index contributed by atoms with van der Waals surface area (Å²) in [5.74, 6) is 0.608. The van der Waals surface area contributed by atoms with Crippen LogP contribution >= 0.6 is 11.6 Å². The second-order valence-electron chi connectivity index (χ2n) is 3.95. The normalized spacial score (nSPS) is 38.4. The predicted molar refractivity (Wildman–Crippen MR) is 43.5 cm³/mol. The van der Waals surface area contributed by atoms with Gasteiger partial charge in [0.15, 0.2) is 0 Å². The molecule has 1 saturated heterocycles. The summed E-state index contributed by atoms with van der Waals surface area (Å²) in [6.45, 7) is 6.31. The highest BCUT2D eigenvalue weighted by molar-refractivity contribution is 6.18. The molecule has 1 heterocycles. The van der Waals surface area contributed by atoms with Gasteiger partial charge in [-0.25, -0.2) is 0 Å². The van der Waals surface area contributed by atoms with Crippen LogP contribution < -0.4 is 0 Å². The molecule has 0 aromatic rings. The molecule has 0 N–H and O–H groups in total. The summed E-state index contributed by atoms with van der Waals surface area (Å²) in [6, 6.07) is 0. The standard InChI is InChI=1S/C8H15ClO/c1-7(2)4-5-8(3,6-9)10-7/h4-6H2,1-3H3. The van der Waals surface area contributed by atoms with Gasteiger partial charge in [-0.15, -0.1) is 11.6 Å². The molecule has 0 amide bonds. The number of alkyl halides is 1. The van der Waals surface area contributed by atoms with Crippen molar-refractivity contribution in [2.24, 2.45) is 0 Å². The molecule has 0 radical (unpaired) electrons. The van der Waals surface area contributed by atoms with Crippen LogP contribution in [0.3, 0.4) is 0 Å². The third-order valence-corrected chi connectivity index (χ3v) is 2.63. The van der Waals surface area contributed by atoms with Crippen molar-refractivity contribution in [3.05, 3.63) is 0 Å². The predicted octanol–water partition coefficient (Wildman–Crippen LogP) is 2.57. The lowest BCUT2D eigenvalue weighted by Gasteiger charge is -2.25. The molecule has 1 atom stereocenters. The zero-order valence-electron chi connectivity index (χ0n) is 6.91. The highest BCUT2D eigenvalue weighted by Gasteiger charge is 2.39. The van der Waals surface area contributed by atoms with Gasteiger partial charge in [-0.1, -0.05) is 0 Å². The highest BCUT2D eigenvalue weighted by atomic mass is 35.5. The first-order chi connectivity index (χ1) is 4.47. The van der Waals surface area contributed by atoms with Crippen LogP contribution in [0.4, 0.5) is 0 Å². The fraction of sp³-hybridized carbons (Fsp3) is 1.00. The molecule has 1 aliphatic heterocycles. The van der Waals surface area contributed by atoms with Crippen molar-refractivity contribution in [3.8, 4) is 0 Å². The van der Waals surface area contributed by atoms with Crippen molar-refractivity contribution in [2.75, 3.05) is 5.88 Å². The van der Waals surface area contributed by atoms with Gasteiger partial charge in [0.25, 0.3) is 0 Å². The molecule has 10 heavy (non-hydrogen) atoms. The Bertz CT molecular complexity index is 133. The molecule has 1 nitrogen and oxygen atoms in total. The van der Waals surface area contributed by atoms with Crippen LogP contribution in [0.5, 0.6) is 0 Å². The van der Waals surface area contributed by atoms with E-state index in [1.54, 1.807) is 0 Å². The summed E-state index contributed by atoms with van der Waals surface area (Å²) < 4.78 is 5.75. The molecule has 0 bridgehead atoms. The Balaban J connectivity index is 2.57. The first kappa shape index (κ1) is 8.35. The lowest BCUT2D eigenvalue weighted by atomic mass is 10.0. The van der Waals surface area contributed by atoms with Gasteiger partial charge in [0.2, 0.25) is 0 Å². The van der Waals surface area contributed by atoms with E-state index in [0.717, 1.165) is 12.8 Å². The molecule has 1 rings (SSSR count). The molecule has 1 fully saturated rings. The minimum atomic E-state index is -0.0644. The largest absolute Gasteiger partial charge is 0.368 e.